The molecule has 1 atom stereocenters. The molecule has 2 aliphatic rings. The van der Waals surface area contributed by atoms with Crippen LogP contribution in [0.5, 0.6) is 0 Å². The van der Waals surface area contributed by atoms with Crippen LogP contribution in [0.3, 0.4) is 0 Å². The van der Waals surface area contributed by atoms with E-state index in [-0.39, 0.29) is 23.8 Å². The molecular formula is C25H40N2O3S. The van der Waals surface area contributed by atoms with E-state index in [9.17, 15) is 9.59 Å². The van der Waals surface area contributed by atoms with Crippen molar-refractivity contribution in [3.05, 3.63) is 21.4 Å². The number of hydrogen-bond donors (Lipinski definition) is 1. The molecular weight excluding hydrogens is 408 g/mol. The molecule has 174 valence electrons. The van der Waals surface area contributed by atoms with Gasteiger partial charge in [-0.05, 0) is 75.3 Å². The fourth-order valence-corrected chi connectivity index (χ4v) is 5.79. The van der Waals surface area contributed by atoms with Gasteiger partial charge in [0.25, 0.3) is 5.91 Å². The van der Waals surface area contributed by atoms with Gasteiger partial charge in [0.15, 0.2) is 0 Å². The van der Waals surface area contributed by atoms with Crippen LogP contribution in [0.4, 0.5) is 0 Å². The van der Waals surface area contributed by atoms with Gasteiger partial charge >= 0.3 is 0 Å². The third kappa shape index (κ3) is 6.55. The molecule has 0 bridgehead atoms. The minimum Gasteiger partial charge on any atom is -0.379 e. The van der Waals surface area contributed by atoms with E-state index in [2.05, 4.69) is 32.2 Å². The Bertz CT molecular complexity index is 757. The zero-order chi connectivity index (χ0) is 22.6. The molecule has 31 heavy (non-hydrogen) atoms. The molecule has 1 aliphatic carbocycles. The molecule has 1 aromatic rings. The largest absolute Gasteiger partial charge is 0.379 e. The van der Waals surface area contributed by atoms with Crippen LogP contribution in [0.25, 0.3) is 0 Å². The lowest BCUT2D eigenvalue weighted by Crippen LogP contribution is -2.43. The van der Waals surface area contributed by atoms with E-state index in [0.717, 1.165) is 37.0 Å². The Hall–Kier alpha value is -1.40. The number of nitrogens with one attached hydrogen (secondary N) is 1. The van der Waals surface area contributed by atoms with E-state index < -0.39 is 0 Å². The van der Waals surface area contributed by atoms with Gasteiger partial charge in [-0.25, -0.2) is 0 Å². The van der Waals surface area contributed by atoms with E-state index in [1.165, 1.54) is 16.9 Å². The van der Waals surface area contributed by atoms with E-state index in [1.807, 2.05) is 18.7 Å². The quantitative estimate of drug-likeness (QED) is 0.616. The van der Waals surface area contributed by atoms with Crippen LogP contribution in [-0.2, 0) is 22.4 Å². The predicted octanol–water partition coefficient (Wildman–Crippen LogP) is 4.68. The first kappa shape index (κ1) is 24.2. The molecule has 2 amide bonds. The zero-order valence-corrected chi connectivity index (χ0v) is 20.8. The summed E-state index contributed by atoms with van der Waals surface area (Å²) in [7, 11) is 0. The normalized spacial score (nSPS) is 20.1. The second-order valence-electron chi connectivity index (χ2n) is 10.5. The highest BCUT2D eigenvalue weighted by molar-refractivity contribution is 7.14. The van der Waals surface area contributed by atoms with Crippen LogP contribution in [0.15, 0.2) is 6.07 Å². The van der Waals surface area contributed by atoms with Gasteiger partial charge in [-0.2, -0.15) is 0 Å². The fourth-order valence-electron chi connectivity index (χ4n) is 4.62. The van der Waals surface area contributed by atoms with Crippen LogP contribution in [0.2, 0.25) is 0 Å². The summed E-state index contributed by atoms with van der Waals surface area (Å²) in [6.07, 6.45) is 5.96. The molecule has 6 heteroatoms. The lowest BCUT2D eigenvalue weighted by Gasteiger charge is -2.33. The van der Waals surface area contributed by atoms with E-state index in [4.69, 9.17) is 4.74 Å². The summed E-state index contributed by atoms with van der Waals surface area (Å²) in [6.45, 7) is 13.7. The van der Waals surface area contributed by atoms with Crippen molar-refractivity contribution in [2.75, 3.05) is 26.2 Å². The third-order valence-electron chi connectivity index (χ3n) is 6.74. The van der Waals surface area contributed by atoms with Gasteiger partial charge < -0.3 is 15.0 Å². The molecule has 5 nitrogen and oxygen atoms in total. The Morgan fingerprint density at radius 3 is 2.58 bits per heavy atom. The Kier molecular flexibility index (Phi) is 8.19. The number of rotatable bonds is 7. The monoisotopic (exact) mass is 448 g/mol. The predicted molar refractivity (Wildman–Crippen MR) is 127 cm³/mol. The van der Waals surface area contributed by atoms with Gasteiger partial charge in [0, 0.05) is 37.0 Å². The molecule has 0 saturated carbocycles. The number of ether oxygens (including phenoxy) is 1. The molecule has 3 rings (SSSR count). The van der Waals surface area contributed by atoms with E-state index in [0.29, 0.717) is 37.6 Å². The van der Waals surface area contributed by atoms with Gasteiger partial charge in [-0.1, -0.05) is 20.8 Å². The van der Waals surface area contributed by atoms with Crippen molar-refractivity contribution in [1.29, 1.82) is 0 Å². The smallest absolute Gasteiger partial charge is 0.263 e. The molecule has 1 N–H and O–H groups in total. The zero-order valence-electron chi connectivity index (χ0n) is 20.0. The Labute approximate surface area is 191 Å². The van der Waals surface area contributed by atoms with Crippen molar-refractivity contribution in [1.82, 2.24) is 10.2 Å². The van der Waals surface area contributed by atoms with Crippen molar-refractivity contribution in [2.24, 2.45) is 17.3 Å². The van der Waals surface area contributed by atoms with Crippen molar-refractivity contribution in [2.45, 2.75) is 79.2 Å². The minimum atomic E-state index is 0.0131. The van der Waals surface area contributed by atoms with Gasteiger partial charge in [-0.3, -0.25) is 9.59 Å². The first-order chi connectivity index (χ1) is 14.6. The van der Waals surface area contributed by atoms with Crippen molar-refractivity contribution in [3.8, 4) is 0 Å². The minimum absolute atomic E-state index is 0.0131. The van der Waals surface area contributed by atoms with E-state index in [1.54, 1.807) is 11.3 Å². The number of likely N-dealkylation sites (tertiary alicyclic amines) is 1. The van der Waals surface area contributed by atoms with Crippen LogP contribution in [0, 0.1) is 17.3 Å². The summed E-state index contributed by atoms with van der Waals surface area (Å²) in [6, 6.07) is 2.15. The number of nitrogens with zero attached hydrogens (tertiary/aromatic N) is 1. The number of hydrogen-bond acceptors (Lipinski definition) is 4. The summed E-state index contributed by atoms with van der Waals surface area (Å²) < 4.78 is 5.51. The number of carbonyl (C=O) groups excluding carboxylic acids is 2. The molecule has 1 saturated heterocycles. The van der Waals surface area contributed by atoms with Crippen LogP contribution >= 0.6 is 11.3 Å². The molecule has 1 aliphatic heterocycles. The van der Waals surface area contributed by atoms with Crippen molar-refractivity contribution < 1.29 is 14.3 Å². The average molecular weight is 449 g/mol. The number of amides is 2. The molecule has 0 spiro atoms. The number of carbonyl (C=O) groups is 2. The Morgan fingerprint density at radius 2 is 1.94 bits per heavy atom. The van der Waals surface area contributed by atoms with Crippen LogP contribution in [0.1, 0.15) is 80.4 Å². The third-order valence-corrected chi connectivity index (χ3v) is 7.97. The highest BCUT2D eigenvalue weighted by Gasteiger charge is 2.32. The average Bonchev–Trinajstić information content (AvgIpc) is 3.15. The number of thiophene rings is 1. The topological polar surface area (TPSA) is 58.6 Å². The Morgan fingerprint density at radius 1 is 1.23 bits per heavy atom. The van der Waals surface area contributed by atoms with Gasteiger partial charge in [0.05, 0.1) is 11.0 Å². The number of aryl methyl sites for hydroxylation is 1. The summed E-state index contributed by atoms with van der Waals surface area (Å²) >= 11 is 1.69. The molecule has 0 unspecified atom stereocenters. The second kappa shape index (κ2) is 10.5. The maximum Gasteiger partial charge on any atom is 0.263 e. The maximum atomic E-state index is 13.1. The first-order valence-electron chi connectivity index (χ1n) is 11.9. The lowest BCUT2D eigenvalue weighted by molar-refractivity contribution is -0.126. The SMILES string of the molecule is CC(C)OCCCNC(=O)C1CCN(C(=O)c2cc3c(s2)CC[C@@H](C(C)(C)C)C3)CC1. The molecule has 2 heterocycles. The number of fused-ring (bicyclic) bond motifs is 1. The van der Waals surface area contributed by atoms with Gasteiger partial charge in [0.2, 0.25) is 5.91 Å². The summed E-state index contributed by atoms with van der Waals surface area (Å²) in [5.74, 6) is 0.968. The summed E-state index contributed by atoms with van der Waals surface area (Å²) in [5.41, 5.74) is 1.70. The Balaban J connectivity index is 1.46. The van der Waals surface area contributed by atoms with Gasteiger partial charge in [0.1, 0.15) is 0 Å². The standard InChI is InChI=1S/C25H40N2O3S/c1-17(2)30-14-6-11-26-23(28)18-9-12-27(13-10-18)24(29)22-16-19-15-20(25(3,4)5)7-8-21(19)31-22/h16-18,20H,6-15H2,1-5H3,(H,26,28)/t20-/m1/s1. The summed E-state index contributed by atoms with van der Waals surface area (Å²) in [4.78, 5) is 29.8. The fraction of sp³-hybridized carbons (Fsp3) is 0.760. The second-order valence-corrected chi connectivity index (χ2v) is 11.6. The van der Waals surface area contributed by atoms with E-state index >= 15 is 0 Å². The highest BCUT2D eigenvalue weighted by Crippen LogP contribution is 2.40. The molecule has 1 fully saturated rings. The summed E-state index contributed by atoms with van der Waals surface area (Å²) in [5, 5.41) is 3.03. The number of piperidine rings is 1. The van der Waals surface area contributed by atoms with Crippen molar-refractivity contribution >= 4 is 23.2 Å². The van der Waals surface area contributed by atoms with Crippen LogP contribution < -0.4 is 5.32 Å². The molecule has 0 radical (unpaired) electrons. The lowest BCUT2D eigenvalue weighted by atomic mass is 9.72. The molecule has 1 aromatic heterocycles. The van der Waals surface area contributed by atoms with Crippen molar-refractivity contribution in [3.63, 3.8) is 0 Å². The maximum absolute atomic E-state index is 13.1. The highest BCUT2D eigenvalue weighted by atomic mass is 32.1. The van der Waals surface area contributed by atoms with Crippen LogP contribution in [-0.4, -0.2) is 49.1 Å². The molecule has 0 aromatic carbocycles. The first-order valence-corrected chi connectivity index (χ1v) is 12.8. The van der Waals surface area contributed by atoms with Gasteiger partial charge in [-0.15, -0.1) is 11.3 Å².